The Labute approximate surface area is 205 Å². The van der Waals surface area contributed by atoms with Crippen LogP contribution in [0.5, 0.6) is 0 Å². The average Bonchev–Trinajstić information content (AvgIpc) is 3.71. The molecule has 8 heteroatoms. The molecule has 1 fully saturated rings. The van der Waals surface area contributed by atoms with Crippen LogP contribution in [0.4, 0.5) is 5.82 Å². The molecule has 0 saturated heterocycles. The number of nitrogens with one attached hydrogen (secondary N) is 1. The van der Waals surface area contributed by atoms with E-state index < -0.39 is 0 Å². The number of pyridine rings is 3. The van der Waals surface area contributed by atoms with E-state index in [0.717, 1.165) is 30.2 Å². The Kier molecular flexibility index (Phi) is 8.87. The van der Waals surface area contributed by atoms with Gasteiger partial charge in [-0.25, -0.2) is 4.98 Å². The number of amides is 1. The van der Waals surface area contributed by atoms with Gasteiger partial charge >= 0.3 is 0 Å². The summed E-state index contributed by atoms with van der Waals surface area (Å²) >= 11 is 0. The Hall–Kier alpha value is -3.39. The highest BCUT2D eigenvalue weighted by Gasteiger charge is 2.30. The van der Waals surface area contributed by atoms with Crippen molar-refractivity contribution in [3.63, 3.8) is 0 Å². The van der Waals surface area contributed by atoms with Crippen LogP contribution >= 0.6 is 0 Å². The Bertz CT molecular complexity index is 1280. The van der Waals surface area contributed by atoms with Gasteiger partial charge < -0.3 is 14.6 Å². The number of rotatable bonds is 9. The molecule has 0 aromatic carbocycles. The molecule has 1 aliphatic rings. The second-order valence-electron chi connectivity index (χ2n) is 8.46. The maximum Gasteiger partial charge on any atom is 0.259 e. The summed E-state index contributed by atoms with van der Waals surface area (Å²) in [5.74, 6) is 0.439. The molecule has 0 unspecified atom stereocenters. The highest BCUT2D eigenvalue weighted by molar-refractivity contribution is 5.96. The van der Waals surface area contributed by atoms with Crippen molar-refractivity contribution in [2.75, 3.05) is 19.0 Å². The fraction of sp³-hybridized carbons (Fsp3) is 0.444. The first-order valence-electron chi connectivity index (χ1n) is 12.3. The molecule has 35 heavy (non-hydrogen) atoms. The predicted molar refractivity (Wildman–Crippen MR) is 138 cm³/mol. The minimum absolute atomic E-state index is 0.00635. The molecule has 1 amide bonds. The van der Waals surface area contributed by atoms with Gasteiger partial charge in [-0.15, -0.1) is 0 Å². The zero-order valence-corrected chi connectivity index (χ0v) is 21.2. The maximum absolute atomic E-state index is 13.5. The van der Waals surface area contributed by atoms with Crippen LogP contribution in [0.3, 0.4) is 0 Å². The van der Waals surface area contributed by atoms with Crippen molar-refractivity contribution in [2.45, 2.75) is 59.9 Å². The van der Waals surface area contributed by atoms with Crippen LogP contribution in [0.2, 0.25) is 0 Å². The highest BCUT2D eigenvalue weighted by Crippen LogP contribution is 2.30. The number of carbonyl (C=O) groups excluding carboxylic acids is 2. The molecule has 3 heterocycles. The van der Waals surface area contributed by atoms with E-state index in [1.165, 1.54) is 0 Å². The summed E-state index contributed by atoms with van der Waals surface area (Å²) in [5, 5.41) is 3.60. The topological polar surface area (TPSA) is 103 Å². The first-order chi connectivity index (χ1) is 16.9. The van der Waals surface area contributed by atoms with E-state index in [9.17, 15) is 14.4 Å². The zero-order valence-electron chi connectivity index (χ0n) is 21.2. The molecule has 4 rings (SSSR count). The van der Waals surface area contributed by atoms with Crippen LogP contribution in [0.15, 0.2) is 35.4 Å². The summed E-state index contributed by atoms with van der Waals surface area (Å²) < 4.78 is 6.86. The molecule has 8 nitrogen and oxygen atoms in total. The molecular formula is C27H34N4O4. The third-order valence-electron chi connectivity index (χ3n) is 5.86. The first-order valence-corrected chi connectivity index (χ1v) is 12.3. The second-order valence-corrected chi connectivity index (χ2v) is 8.46. The fourth-order valence-electron chi connectivity index (χ4n) is 3.86. The molecule has 1 N–H and O–H groups in total. The number of Topliss-reactive ketones (excluding diaryl/α,β-unsaturated/α-hetero) is 1. The number of nitrogens with zero attached hydrogens (tertiary/aromatic N) is 3. The van der Waals surface area contributed by atoms with Gasteiger partial charge in [0.1, 0.15) is 11.5 Å². The van der Waals surface area contributed by atoms with E-state index >= 15 is 0 Å². The van der Waals surface area contributed by atoms with E-state index in [1.807, 2.05) is 27.7 Å². The van der Waals surface area contributed by atoms with Crippen molar-refractivity contribution < 1.29 is 14.3 Å². The van der Waals surface area contributed by atoms with Crippen molar-refractivity contribution in [1.29, 1.82) is 0 Å². The summed E-state index contributed by atoms with van der Waals surface area (Å²) in [6.45, 7) is 8.52. The molecule has 3 aromatic heterocycles. The molecular weight excluding hydrogens is 444 g/mol. The van der Waals surface area contributed by atoms with Gasteiger partial charge in [-0.05, 0) is 43.9 Å². The van der Waals surface area contributed by atoms with Gasteiger partial charge in [0.05, 0.1) is 12.1 Å². The van der Waals surface area contributed by atoms with E-state index in [0.29, 0.717) is 47.7 Å². The normalized spacial score (nSPS) is 12.7. The molecule has 0 aliphatic heterocycles. The molecule has 0 bridgehead atoms. The molecule has 0 atom stereocenters. The van der Waals surface area contributed by atoms with Gasteiger partial charge in [0.15, 0.2) is 5.78 Å². The Morgan fingerprint density at radius 2 is 1.86 bits per heavy atom. The standard InChI is InChI=1S/C25H28N4O4.C2H6/c1-4-5-22(30)20-10-15(2)19(14-26-20)18-11-17-13-27-23(28-24(31)16-6-7-16)12-21(17)29(25(18)32)8-9-33-3;1-2/h10-14,16H,4-9H2,1-3H3,(H,27,28,31);1-2H3. The number of ether oxygens (including phenoxy) is 1. The number of aromatic nitrogens is 3. The van der Waals surface area contributed by atoms with Crippen LogP contribution in [0.1, 0.15) is 62.5 Å². The van der Waals surface area contributed by atoms with Gasteiger partial charge in [0, 0.05) is 61.0 Å². The number of fused-ring (bicyclic) bond motifs is 1. The zero-order chi connectivity index (χ0) is 25.5. The molecule has 0 radical (unpaired) electrons. The second kappa shape index (κ2) is 11.8. The molecule has 1 saturated carbocycles. The smallest absolute Gasteiger partial charge is 0.259 e. The van der Waals surface area contributed by atoms with Gasteiger partial charge in [0.2, 0.25) is 5.91 Å². The van der Waals surface area contributed by atoms with Crippen LogP contribution < -0.4 is 10.9 Å². The van der Waals surface area contributed by atoms with Crippen LogP contribution in [0, 0.1) is 12.8 Å². The Balaban J connectivity index is 0.00000167. The summed E-state index contributed by atoms with van der Waals surface area (Å²) in [4.78, 5) is 46.6. The lowest BCUT2D eigenvalue weighted by molar-refractivity contribution is -0.117. The minimum Gasteiger partial charge on any atom is -0.383 e. The van der Waals surface area contributed by atoms with Crippen molar-refractivity contribution in [3.8, 4) is 11.1 Å². The lowest BCUT2D eigenvalue weighted by Crippen LogP contribution is -2.25. The van der Waals surface area contributed by atoms with Gasteiger partial charge in [-0.2, -0.15) is 0 Å². The summed E-state index contributed by atoms with van der Waals surface area (Å²) in [6, 6.07) is 5.26. The predicted octanol–water partition coefficient (Wildman–Crippen LogP) is 4.77. The van der Waals surface area contributed by atoms with Crippen LogP contribution in [-0.4, -0.2) is 39.9 Å². The Morgan fingerprint density at radius 3 is 2.49 bits per heavy atom. The summed E-state index contributed by atoms with van der Waals surface area (Å²) in [7, 11) is 1.58. The van der Waals surface area contributed by atoms with Gasteiger partial charge in [0.25, 0.3) is 5.56 Å². The van der Waals surface area contributed by atoms with Gasteiger partial charge in [-0.3, -0.25) is 19.4 Å². The number of aryl methyl sites for hydroxylation is 1. The number of ketones is 1. The number of carbonyl (C=O) groups is 2. The summed E-state index contributed by atoms with van der Waals surface area (Å²) in [5.41, 5.74) is 2.85. The van der Waals surface area contributed by atoms with Crippen molar-refractivity contribution in [1.82, 2.24) is 14.5 Å². The SMILES string of the molecule is CC.CCCC(=O)c1cc(C)c(-c2cc3cnc(NC(=O)C4CC4)cc3n(CCOC)c2=O)cn1. The van der Waals surface area contributed by atoms with E-state index in [4.69, 9.17) is 4.74 Å². The number of anilines is 1. The Morgan fingerprint density at radius 1 is 1.11 bits per heavy atom. The fourth-order valence-corrected chi connectivity index (χ4v) is 3.86. The molecule has 0 spiro atoms. The molecule has 3 aromatic rings. The van der Waals surface area contributed by atoms with Crippen LogP contribution in [-0.2, 0) is 16.1 Å². The average molecular weight is 479 g/mol. The van der Waals surface area contributed by atoms with Crippen LogP contribution in [0.25, 0.3) is 22.0 Å². The number of hydrogen-bond donors (Lipinski definition) is 1. The third kappa shape index (κ3) is 6.00. The maximum atomic E-state index is 13.5. The van der Waals surface area contributed by atoms with Crippen molar-refractivity contribution in [3.05, 3.63) is 52.2 Å². The van der Waals surface area contributed by atoms with Crippen molar-refractivity contribution >= 4 is 28.4 Å². The van der Waals surface area contributed by atoms with Gasteiger partial charge in [-0.1, -0.05) is 20.8 Å². The lowest BCUT2D eigenvalue weighted by Gasteiger charge is -2.15. The van der Waals surface area contributed by atoms with E-state index in [-0.39, 0.29) is 23.2 Å². The number of methoxy groups -OCH3 is 1. The quantitative estimate of drug-likeness (QED) is 0.444. The lowest BCUT2D eigenvalue weighted by atomic mass is 10.0. The third-order valence-corrected chi connectivity index (χ3v) is 5.86. The molecule has 1 aliphatic carbocycles. The van der Waals surface area contributed by atoms with E-state index in [1.54, 1.807) is 42.3 Å². The number of hydrogen-bond acceptors (Lipinski definition) is 6. The molecule has 186 valence electrons. The minimum atomic E-state index is -0.192. The summed E-state index contributed by atoms with van der Waals surface area (Å²) in [6.07, 6.45) is 6.25. The highest BCUT2D eigenvalue weighted by atomic mass is 16.5. The van der Waals surface area contributed by atoms with Crippen molar-refractivity contribution in [2.24, 2.45) is 5.92 Å². The largest absolute Gasteiger partial charge is 0.383 e. The monoisotopic (exact) mass is 478 g/mol. The van der Waals surface area contributed by atoms with E-state index in [2.05, 4.69) is 15.3 Å². The first kappa shape index (κ1) is 26.2.